The van der Waals surface area contributed by atoms with E-state index in [-0.39, 0.29) is 0 Å². The normalized spacial score (nSPS) is 11.6. The van der Waals surface area contributed by atoms with Crippen molar-refractivity contribution in [3.63, 3.8) is 0 Å². The summed E-state index contributed by atoms with van der Waals surface area (Å²) >= 11 is 1.32. The number of benzene rings is 2. The van der Waals surface area contributed by atoms with Gasteiger partial charge in [-0.3, -0.25) is 10.0 Å². The van der Waals surface area contributed by atoms with E-state index < -0.39 is 11.2 Å². The molecule has 0 aliphatic rings. The average molecular weight is 319 g/mol. The van der Waals surface area contributed by atoms with E-state index in [4.69, 9.17) is 14.7 Å². The molecule has 1 unspecified atom stereocenters. The highest BCUT2D eigenvalue weighted by Gasteiger charge is 2.22. The lowest BCUT2D eigenvalue weighted by Crippen LogP contribution is -2.24. The third kappa shape index (κ3) is 3.72. The molecule has 2 aromatic carbocycles. The fraction of sp³-hybridized carbons (Fsp3) is 0.188. The highest BCUT2D eigenvalue weighted by Crippen LogP contribution is 2.39. The minimum Gasteiger partial charge on any atom is -0.493 e. The van der Waals surface area contributed by atoms with E-state index in [1.807, 2.05) is 36.4 Å². The second kappa shape index (κ2) is 7.72. The van der Waals surface area contributed by atoms with Gasteiger partial charge in [0.1, 0.15) is 5.25 Å². The van der Waals surface area contributed by atoms with Crippen LogP contribution in [0.1, 0.15) is 10.8 Å². The van der Waals surface area contributed by atoms with Crippen LogP contribution in [0.3, 0.4) is 0 Å². The number of ether oxygens (including phenoxy) is 2. The molecule has 1 amide bonds. The van der Waals surface area contributed by atoms with Crippen molar-refractivity contribution in [2.75, 3.05) is 14.2 Å². The van der Waals surface area contributed by atoms with Gasteiger partial charge in [-0.25, -0.2) is 5.48 Å². The molecule has 0 saturated heterocycles. The van der Waals surface area contributed by atoms with Crippen molar-refractivity contribution in [3.05, 3.63) is 54.1 Å². The molecule has 0 aliphatic carbocycles. The molecule has 0 aromatic heterocycles. The summed E-state index contributed by atoms with van der Waals surface area (Å²) in [5, 5.41) is 8.40. The summed E-state index contributed by atoms with van der Waals surface area (Å²) in [6.45, 7) is 0. The van der Waals surface area contributed by atoms with E-state index in [9.17, 15) is 4.79 Å². The first-order chi connectivity index (χ1) is 10.7. The molecule has 5 nitrogen and oxygen atoms in total. The smallest absolute Gasteiger partial charge is 0.261 e. The van der Waals surface area contributed by atoms with Gasteiger partial charge in [-0.05, 0) is 23.8 Å². The molecule has 2 aromatic rings. The molecule has 0 bridgehead atoms. The quantitative estimate of drug-likeness (QED) is 0.487. The number of thioether (sulfide) groups is 1. The van der Waals surface area contributed by atoms with E-state index in [0.29, 0.717) is 11.5 Å². The van der Waals surface area contributed by atoms with Crippen molar-refractivity contribution in [1.29, 1.82) is 0 Å². The van der Waals surface area contributed by atoms with Gasteiger partial charge in [0.25, 0.3) is 5.91 Å². The summed E-state index contributed by atoms with van der Waals surface area (Å²) in [7, 11) is 3.12. The lowest BCUT2D eigenvalue weighted by atomic mass is 10.1. The lowest BCUT2D eigenvalue weighted by molar-refractivity contribution is -0.128. The van der Waals surface area contributed by atoms with E-state index in [1.54, 1.807) is 31.8 Å². The summed E-state index contributed by atoms with van der Waals surface area (Å²) in [6, 6.07) is 14.7. The van der Waals surface area contributed by atoms with Crippen LogP contribution in [0.15, 0.2) is 53.4 Å². The second-order valence-electron chi connectivity index (χ2n) is 4.40. The Morgan fingerprint density at radius 2 is 1.77 bits per heavy atom. The molecule has 1 atom stereocenters. The largest absolute Gasteiger partial charge is 0.493 e. The molecule has 6 heteroatoms. The van der Waals surface area contributed by atoms with E-state index >= 15 is 0 Å². The first-order valence-corrected chi connectivity index (χ1v) is 7.45. The van der Waals surface area contributed by atoms with E-state index in [1.165, 1.54) is 11.8 Å². The van der Waals surface area contributed by atoms with Crippen LogP contribution in [0.25, 0.3) is 0 Å². The summed E-state index contributed by atoms with van der Waals surface area (Å²) in [5.74, 6) is 0.726. The van der Waals surface area contributed by atoms with Gasteiger partial charge in [0, 0.05) is 4.90 Å². The molecule has 0 fully saturated rings. The van der Waals surface area contributed by atoms with Crippen LogP contribution in [-0.2, 0) is 4.79 Å². The van der Waals surface area contributed by atoms with Crippen LogP contribution in [-0.4, -0.2) is 25.3 Å². The van der Waals surface area contributed by atoms with Crippen LogP contribution in [0.4, 0.5) is 0 Å². The summed E-state index contributed by atoms with van der Waals surface area (Å²) in [5.41, 5.74) is 2.52. The van der Waals surface area contributed by atoms with Crippen molar-refractivity contribution < 1.29 is 19.5 Å². The molecule has 0 aliphatic heterocycles. The van der Waals surface area contributed by atoms with Crippen molar-refractivity contribution in [1.82, 2.24) is 5.48 Å². The fourth-order valence-corrected chi connectivity index (χ4v) is 3.03. The Hall–Kier alpha value is -2.18. The number of carbonyl (C=O) groups is 1. The number of hydrogen-bond donors (Lipinski definition) is 2. The van der Waals surface area contributed by atoms with Crippen LogP contribution in [0.5, 0.6) is 11.5 Å². The number of amides is 1. The number of methoxy groups -OCH3 is 2. The molecule has 116 valence electrons. The van der Waals surface area contributed by atoms with Crippen LogP contribution in [0, 0.1) is 0 Å². The molecule has 0 heterocycles. The standard InChI is InChI=1S/C16H17NO4S/c1-20-13-9-8-12(10-14(13)21-2)22-15(16(18)17-19)11-6-4-3-5-7-11/h3-10,15,19H,1-2H3,(H,17,18). The van der Waals surface area contributed by atoms with Gasteiger partial charge < -0.3 is 9.47 Å². The van der Waals surface area contributed by atoms with Gasteiger partial charge in [0.05, 0.1) is 14.2 Å². The topological polar surface area (TPSA) is 67.8 Å². The Morgan fingerprint density at radius 3 is 2.36 bits per heavy atom. The van der Waals surface area contributed by atoms with Crippen LogP contribution in [0.2, 0.25) is 0 Å². The third-order valence-electron chi connectivity index (χ3n) is 3.06. The van der Waals surface area contributed by atoms with Gasteiger partial charge in [0.2, 0.25) is 0 Å². The Morgan fingerprint density at radius 1 is 1.09 bits per heavy atom. The minimum absolute atomic E-state index is 0.481. The predicted molar refractivity (Wildman–Crippen MR) is 84.5 cm³/mol. The molecule has 0 spiro atoms. The van der Waals surface area contributed by atoms with Crippen LogP contribution < -0.4 is 15.0 Å². The molecule has 0 radical (unpaired) electrons. The molecule has 22 heavy (non-hydrogen) atoms. The molecule has 2 N–H and O–H groups in total. The number of carbonyl (C=O) groups excluding carboxylic acids is 1. The third-order valence-corrected chi connectivity index (χ3v) is 4.31. The van der Waals surface area contributed by atoms with Crippen molar-refractivity contribution >= 4 is 17.7 Å². The zero-order valence-corrected chi connectivity index (χ0v) is 13.1. The maximum atomic E-state index is 12.0. The Bertz CT molecular complexity index is 633. The lowest BCUT2D eigenvalue weighted by Gasteiger charge is -2.16. The van der Waals surface area contributed by atoms with Crippen LogP contribution >= 0.6 is 11.8 Å². The predicted octanol–water partition coefficient (Wildman–Crippen LogP) is 3.04. The summed E-state index contributed by atoms with van der Waals surface area (Å²) in [6.07, 6.45) is 0. The fourth-order valence-electron chi connectivity index (χ4n) is 1.99. The maximum absolute atomic E-state index is 12.0. The SMILES string of the molecule is COc1ccc(SC(C(=O)NO)c2ccccc2)cc1OC. The molecular formula is C16H17NO4S. The molecule has 2 rings (SSSR count). The number of hydrogen-bond acceptors (Lipinski definition) is 5. The minimum atomic E-state index is -0.565. The Labute approximate surface area is 133 Å². The van der Waals surface area contributed by atoms with Crippen molar-refractivity contribution in [2.24, 2.45) is 0 Å². The first-order valence-electron chi connectivity index (χ1n) is 6.57. The molecule has 0 saturated carbocycles. The zero-order valence-electron chi connectivity index (χ0n) is 12.3. The van der Waals surface area contributed by atoms with Gasteiger partial charge in [-0.2, -0.15) is 0 Å². The van der Waals surface area contributed by atoms with Gasteiger partial charge in [0.15, 0.2) is 11.5 Å². The number of nitrogens with one attached hydrogen (secondary N) is 1. The first kappa shape index (κ1) is 16.2. The van der Waals surface area contributed by atoms with E-state index in [0.717, 1.165) is 10.5 Å². The zero-order chi connectivity index (χ0) is 15.9. The second-order valence-corrected chi connectivity index (χ2v) is 5.58. The van der Waals surface area contributed by atoms with Crippen molar-refractivity contribution in [2.45, 2.75) is 10.1 Å². The summed E-state index contributed by atoms with van der Waals surface area (Å²) in [4.78, 5) is 12.8. The number of rotatable bonds is 6. The highest BCUT2D eigenvalue weighted by atomic mass is 32.2. The Kier molecular flexibility index (Phi) is 5.68. The van der Waals surface area contributed by atoms with Crippen molar-refractivity contribution in [3.8, 4) is 11.5 Å². The van der Waals surface area contributed by atoms with Gasteiger partial charge >= 0.3 is 0 Å². The van der Waals surface area contributed by atoms with Gasteiger partial charge in [-0.1, -0.05) is 30.3 Å². The highest BCUT2D eigenvalue weighted by molar-refractivity contribution is 8.00. The number of hydroxylamine groups is 1. The average Bonchev–Trinajstić information content (AvgIpc) is 2.59. The summed E-state index contributed by atoms with van der Waals surface area (Å²) < 4.78 is 10.5. The maximum Gasteiger partial charge on any atom is 0.261 e. The molecular weight excluding hydrogens is 302 g/mol. The van der Waals surface area contributed by atoms with Gasteiger partial charge in [-0.15, -0.1) is 11.8 Å². The Balaban J connectivity index is 2.30. The van der Waals surface area contributed by atoms with E-state index in [2.05, 4.69) is 0 Å². The monoisotopic (exact) mass is 319 g/mol.